The molecule has 42 heavy (non-hydrogen) atoms. The second-order valence-electron chi connectivity index (χ2n) is 10.4. The number of nitrogens with zero attached hydrogens (tertiary/aromatic N) is 4. The van der Waals surface area contributed by atoms with Crippen LogP contribution in [0.4, 0.5) is 0 Å². The van der Waals surface area contributed by atoms with Crippen molar-refractivity contribution in [1.82, 2.24) is 19.8 Å². The van der Waals surface area contributed by atoms with Crippen molar-refractivity contribution in [3.05, 3.63) is 32.2 Å². The second kappa shape index (κ2) is 15.8. The Labute approximate surface area is 275 Å². The molecule has 0 bridgehead atoms. The average molecular weight is 605 g/mol. The van der Waals surface area contributed by atoms with Gasteiger partial charge in [0.05, 0.1) is 70.0 Å². The fourth-order valence-corrected chi connectivity index (χ4v) is 6.95. The number of carboxylic acids is 2. The Morgan fingerprint density at radius 3 is 1.24 bits per heavy atom. The summed E-state index contributed by atoms with van der Waals surface area (Å²) in [5, 5.41) is 23.2. The van der Waals surface area contributed by atoms with Crippen molar-refractivity contribution < 1.29 is 76.6 Å². The smallest absolute Gasteiger partial charge is 0.544 e. The topological polar surface area (TPSA) is 165 Å². The first-order chi connectivity index (χ1) is 19.3. The minimum atomic E-state index is -1.17. The van der Waals surface area contributed by atoms with Gasteiger partial charge < -0.3 is 39.1 Å². The molecule has 4 aliphatic rings. The average Bonchev–Trinajstić information content (AvgIpc) is 3.58. The van der Waals surface area contributed by atoms with Crippen molar-refractivity contribution in [2.24, 2.45) is 11.8 Å². The molecule has 2 aromatic heterocycles. The maximum Gasteiger partial charge on any atom is 1.00 e. The first-order valence-corrected chi connectivity index (χ1v) is 15.0. The van der Waals surface area contributed by atoms with E-state index < -0.39 is 11.9 Å². The summed E-state index contributed by atoms with van der Waals surface area (Å²) < 4.78 is 10.1. The summed E-state index contributed by atoms with van der Waals surface area (Å²) in [6, 6.07) is 0. The number of thiazole rings is 2. The Morgan fingerprint density at radius 1 is 0.667 bits per heavy atom. The van der Waals surface area contributed by atoms with Gasteiger partial charge in [0.1, 0.15) is 0 Å². The summed E-state index contributed by atoms with van der Waals surface area (Å²) in [4.78, 5) is 58.1. The molecule has 216 valence electrons. The van der Waals surface area contributed by atoms with Crippen LogP contribution < -0.4 is 47.9 Å². The molecule has 0 aliphatic carbocycles. The largest absolute Gasteiger partial charge is 1.00 e. The predicted molar refractivity (Wildman–Crippen MR) is 139 cm³/mol. The van der Waals surface area contributed by atoms with Crippen molar-refractivity contribution in [2.45, 2.75) is 37.5 Å². The van der Waals surface area contributed by atoms with Crippen LogP contribution >= 0.6 is 22.7 Å². The summed E-state index contributed by atoms with van der Waals surface area (Å²) in [7, 11) is 0. The van der Waals surface area contributed by atoms with Crippen LogP contribution in [0.3, 0.4) is 0 Å². The molecular weight excluding hydrogens is 574 g/mol. The van der Waals surface area contributed by atoms with E-state index in [1.807, 2.05) is 9.80 Å². The van der Waals surface area contributed by atoms with Gasteiger partial charge in [-0.3, -0.25) is 9.59 Å². The third-order valence-electron chi connectivity index (χ3n) is 7.74. The zero-order chi connectivity index (χ0) is 28.2. The number of carboxylic acid groups (broad SMARTS) is 2. The first-order valence-electron chi connectivity index (χ1n) is 13.4. The molecule has 16 heteroatoms. The number of ether oxygens (including phenoxy) is 2. The molecule has 0 unspecified atom stereocenters. The molecular formula is C26H30Li2N4O8S2. The number of amides is 2. The summed E-state index contributed by atoms with van der Waals surface area (Å²) in [6.07, 6.45) is 6.05. The summed E-state index contributed by atoms with van der Waals surface area (Å²) in [6.45, 7) is 5.00. The summed E-state index contributed by atoms with van der Waals surface area (Å²) in [5.41, 5.74) is 0. The van der Waals surface area contributed by atoms with Gasteiger partial charge in [0, 0.05) is 50.4 Å². The van der Waals surface area contributed by atoms with E-state index in [0.717, 1.165) is 35.7 Å². The third kappa shape index (κ3) is 8.24. The fraction of sp³-hybridized carbons (Fsp3) is 0.615. The molecule has 0 spiro atoms. The van der Waals surface area contributed by atoms with Crippen molar-refractivity contribution in [1.29, 1.82) is 0 Å². The first kappa shape index (κ1) is 34.7. The van der Waals surface area contributed by atoms with Crippen molar-refractivity contribution in [3.63, 3.8) is 0 Å². The number of carbonyl (C=O) groups is 4. The van der Waals surface area contributed by atoms with Crippen LogP contribution in [0, 0.1) is 11.8 Å². The van der Waals surface area contributed by atoms with Crippen molar-refractivity contribution in [3.8, 4) is 0 Å². The zero-order valence-electron chi connectivity index (χ0n) is 23.8. The van der Waals surface area contributed by atoms with Gasteiger partial charge in [-0.1, -0.05) is 0 Å². The standard InChI is InChI=1S/2C13H16N2O4S.2Li/c2*16-12(9-6-19-7-9)15-3-1-8(2-4-15)11-14-5-10(20-11)13(17)18;;/h2*5,8-9H,1-4,6-7H2,(H,17,18);;/q;;2*+1/p-2. The monoisotopic (exact) mass is 604 g/mol. The van der Waals surface area contributed by atoms with Gasteiger partial charge in [0.2, 0.25) is 11.8 Å². The summed E-state index contributed by atoms with van der Waals surface area (Å²) in [5.74, 6) is -1.41. The van der Waals surface area contributed by atoms with E-state index in [9.17, 15) is 29.4 Å². The molecule has 4 aliphatic heterocycles. The number of likely N-dealkylation sites (tertiary alicyclic amines) is 2. The zero-order valence-corrected chi connectivity index (χ0v) is 25.5. The van der Waals surface area contributed by atoms with E-state index in [1.54, 1.807) is 0 Å². The quantitative estimate of drug-likeness (QED) is 0.290. The minimum absolute atomic E-state index is 0. The van der Waals surface area contributed by atoms with Crippen LogP contribution in [0.15, 0.2) is 12.4 Å². The van der Waals surface area contributed by atoms with Crippen LogP contribution in [0.25, 0.3) is 0 Å². The van der Waals surface area contributed by atoms with Gasteiger partial charge >= 0.3 is 37.7 Å². The second-order valence-corrected chi connectivity index (χ2v) is 12.5. The number of carbonyl (C=O) groups excluding carboxylic acids is 4. The van der Waals surface area contributed by atoms with Crippen LogP contribution in [-0.2, 0) is 19.1 Å². The Bertz CT molecular complexity index is 1140. The molecule has 12 nitrogen and oxygen atoms in total. The van der Waals surface area contributed by atoms with Gasteiger partial charge in [-0.05, 0) is 25.7 Å². The normalized spacial score (nSPS) is 19.7. The van der Waals surface area contributed by atoms with Crippen molar-refractivity contribution >= 4 is 46.4 Å². The van der Waals surface area contributed by atoms with E-state index in [1.165, 1.54) is 35.1 Å². The molecule has 2 aromatic rings. The van der Waals surface area contributed by atoms with Crippen LogP contribution in [-0.4, -0.2) is 96.1 Å². The molecule has 2 amide bonds. The molecule has 6 rings (SSSR count). The molecule has 0 aromatic carbocycles. The van der Waals surface area contributed by atoms with Crippen molar-refractivity contribution in [2.75, 3.05) is 52.6 Å². The molecule has 4 saturated heterocycles. The maximum atomic E-state index is 12.1. The Balaban J connectivity index is 0.000000220. The molecule has 4 fully saturated rings. The van der Waals surface area contributed by atoms with Gasteiger partial charge in [-0.2, -0.15) is 0 Å². The maximum absolute atomic E-state index is 12.1. The van der Waals surface area contributed by atoms with Gasteiger partial charge in [0.15, 0.2) is 0 Å². The van der Waals surface area contributed by atoms with E-state index in [2.05, 4.69) is 9.97 Å². The number of hydrogen-bond acceptors (Lipinski definition) is 12. The van der Waals surface area contributed by atoms with Gasteiger partial charge in [-0.15, -0.1) is 22.7 Å². The molecule has 0 saturated carbocycles. The molecule has 6 heterocycles. The Morgan fingerprint density at radius 2 is 1.00 bits per heavy atom. The number of piperidine rings is 2. The molecule has 0 radical (unpaired) electrons. The van der Waals surface area contributed by atoms with Gasteiger partial charge in [-0.25, -0.2) is 9.97 Å². The Kier molecular flexibility index (Phi) is 13.1. The third-order valence-corrected chi connectivity index (χ3v) is 10.0. The van der Waals surface area contributed by atoms with Crippen LogP contribution in [0.5, 0.6) is 0 Å². The molecule has 0 N–H and O–H groups in total. The van der Waals surface area contributed by atoms with E-state index in [4.69, 9.17) is 9.47 Å². The van der Waals surface area contributed by atoms with E-state index >= 15 is 0 Å². The van der Waals surface area contributed by atoms with Crippen LogP contribution in [0.2, 0.25) is 0 Å². The number of hydrogen-bond donors (Lipinski definition) is 0. The SMILES string of the molecule is O=C([O-])c1cnc(C2CCN(C(=O)C3COC3)CC2)s1.O=C([O-])c1cnc(C2CCN(C(=O)C3COC3)CC2)s1.[Li+].[Li+]. The Hall–Kier alpha value is -1.75. The number of aromatic nitrogens is 2. The fourth-order valence-electron chi connectivity index (χ4n) is 5.11. The number of rotatable bonds is 6. The minimum Gasteiger partial charge on any atom is -0.544 e. The van der Waals surface area contributed by atoms with Gasteiger partial charge in [0.25, 0.3) is 0 Å². The molecule has 0 atom stereocenters. The van der Waals surface area contributed by atoms with E-state index in [-0.39, 0.29) is 83.0 Å². The number of aromatic carboxylic acids is 2. The summed E-state index contributed by atoms with van der Waals surface area (Å²) >= 11 is 2.37. The van der Waals surface area contributed by atoms with E-state index in [0.29, 0.717) is 52.6 Å². The van der Waals surface area contributed by atoms with Crippen LogP contribution in [0.1, 0.15) is 66.9 Å². The predicted octanol–water partition coefficient (Wildman–Crippen LogP) is -6.27.